The molecule has 2 N–H and O–H groups in total. The maximum atomic E-state index is 8.74. The van der Waals surface area contributed by atoms with Crippen molar-refractivity contribution in [1.82, 2.24) is 0 Å². The van der Waals surface area contributed by atoms with Gasteiger partial charge < -0.3 is 0 Å². The van der Waals surface area contributed by atoms with Gasteiger partial charge in [-0.2, -0.15) is 8.42 Å². The maximum Gasteiger partial charge on any atom is 0 e. The third-order valence-corrected chi connectivity index (χ3v) is 0. The Morgan fingerprint density at radius 3 is 1.14 bits per heavy atom. The minimum Gasteiger partial charge on any atom is 0 e. The minimum absolute atomic E-state index is 0. The van der Waals surface area contributed by atoms with E-state index in [1.165, 1.54) is 0 Å². The summed E-state index contributed by atoms with van der Waals surface area (Å²) in [7, 11) is -4.67. The Balaban J connectivity index is -0.0000000800. The van der Waals surface area contributed by atoms with E-state index in [2.05, 4.69) is 0 Å². The number of hydrogen-bond acceptors (Lipinski definition) is 2. The molecule has 0 amide bonds. The topological polar surface area (TPSA) is 74.6 Å². The molecule has 0 fully saturated rings. The van der Waals surface area contributed by atoms with Gasteiger partial charge in [0, 0.05) is 19.5 Å². The van der Waals surface area contributed by atoms with E-state index in [0.29, 0.717) is 0 Å². The van der Waals surface area contributed by atoms with Gasteiger partial charge in [-0.1, -0.05) is 0 Å². The second-order valence-electron chi connectivity index (χ2n) is 0.448. The number of hydrogen-bond donors (Lipinski definition) is 2. The summed E-state index contributed by atoms with van der Waals surface area (Å²) < 4.78 is 31.6. The van der Waals surface area contributed by atoms with Crippen molar-refractivity contribution in [3.05, 3.63) is 0 Å². The Bertz CT molecular complexity index is 94.9. The van der Waals surface area contributed by atoms with Crippen LogP contribution in [-0.2, 0) is 29.9 Å². The van der Waals surface area contributed by atoms with E-state index in [0.717, 1.165) is 0 Å². The third kappa shape index (κ3) is 172. The van der Waals surface area contributed by atoms with Crippen molar-refractivity contribution in [3.8, 4) is 0 Å². The van der Waals surface area contributed by atoms with E-state index in [1.54, 1.807) is 0 Å². The fraction of sp³-hybridized carbons (Fsp3) is 0. The minimum atomic E-state index is -4.67. The van der Waals surface area contributed by atoms with Crippen molar-refractivity contribution < 1.29 is 37.0 Å². The summed E-state index contributed by atoms with van der Waals surface area (Å²) in [6, 6.07) is 0. The van der Waals surface area contributed by atoms with Crippen molar-refractivity contribution in [2.45, 2.75) is 0 Å². The summed E-state index contributed by atoms with van der Waals surface area (Å²) in [5.74, 6) is 0. The fourth-order valence-electron chi connectivity index (χ4n) is 0. The summed E-state index contributed by atoms with van der Waals surface area (Å²) in [6.45, 7) is 0. The van der Waals surface area contributed by atoms with Crippen molar-refractivity contribution in [2.75, 3.05) is 0 Å². The number of rotatable bonds is 0. The van der Waals surface area contributed by atoms with Crippen molar-refractivity contribution >= 4 is 27.5 Å². The molecule has 0 radical (unpaired) electrons. The predicted octanol–water partition coefficient (Wildman–Crippen LogP) is -1.57. The van der Waals surface area contributed by atoms with Crippen LogP contribution >= 0.6 is 0 Å². The van der Waals surface area contributed by atoms with Crippen LogP contribution in [0.5, 0.6) is 0 Å². The standard InChI is InChI=1S/H2O4S.H2Se.Zn/c1-5(2,3)4;;/h(H2,1,2,3,4);1H2;. The van der Waals surface area contributed by atoms with Crippen LogP contribution in [0.1, 0.15) is 0 Å². The zero-order valence-electron chi connectivity index (χ0n) is 3.33. The quantitative estimate of drug-likeness (QED) is 0.399. The first kappa shape index (κ1) is 15.7. The zero-order chi connectivity index (χ0) is 4.50. The van der Waals surface area contributed by atoms with Crippen molar-refractivity contribution in [3.63, 3.8) is 0 Å². The molecule has 0 saturated heterocycles. The molecule has 0 aromatic rings. The molecule has 0 aromatic carbocycles. The Morgan fingerprint density at radius 1 is 1.14 bits per heavy atom. The Kier molecular flexibility index (Phi) is 11.5. The molecule has 0 aromatic heterocycles. The first-order valence-electron chi connectivity index (χ1n) is 0.698. The molecule has 0 saturated carbocycles. The molecular formula is H4O4SSeZn. The van der Waals surface area contributed by atoms with Crippen LogP contribution < -0.4 is 0 Å². The van der Waals surface area contributed by atoms with Crippen molar-refractivity contribution in [2.24, 2.45) is 0 Å². The molecule has 0 heterocycles. The van der Waals surface area contributed by atoms with Gasteiger partial charge in [0.1, 0.15) is 0 Å². The largest absolute Gasteiger partial charge is 0 e. The molecule has 42 valence electrons. The van der Waals surface area contributed by atoms with Crippen molar-refractivity contribution in [1.29, 1.82) is 0 Å². The molecule has 0 spiro atoms. The van der Waals surface area contributed by atoms with Gasteiger partial charge in [-0.3, -0.25) is 9.11 Å². The second-order valence-corrected chi connectivity index (χ2v) is 1.34. The molecule has 7 heteroatoms. The third-order valence-electron chi connectivity index (χ3n) is 0. The van der Waals surface area contributed by atoms with E-state index >= 15 is 0 Å². The molecule has 7 heavy (non-hydrogen) atoms. The van der Waals surface area contributed by atoms with Gasteiger partial charge in [0.15, 0.2) is 0 Å². The molecule has 4 nitrogen and oxygen atoms in total. The van der Waals surface area contributed by atoms with Gasteiger partial charge in [-0.25, -0.2) is 0 Å². The van der Waals surface area contributed by atoms with Crippen LogP contribution in [0, 0.1) is 0 Å². The fourth-order valence-corrected chi connectivity index (χ4v) is 0. The summed E-state index contributed by atoms with van der Waals surface area (Å²) in [5, 5.41) is 0. The normalized spacial score (nSPS) is 8.29. The summed E-state index contributed by atoms with van der Waals surface area (Å²) >= 11 is 0. The SMILES string of the molecule is O=S(=O)(O)O.[SeH2].[Zn]. The summed E-state index contributed by atoms with van der Waals surface area (Å²) in [6.07, 6.45) is 0. The van der Waals surface area contributed by atoms with Gasteiger partial charge in [0.25, 0.3) is 0 Å². The first-order chi connectivity index (χ1) is 2.00. The molecule has 0 unspecified atom stereocenters. The van der Waals surface area contributed by atoms with E-state index in [4.69, 9.17) is 17.5 Å². The first-order valence-corrected chi connectivity index (χ1v) is 2.10. The Morgan fingerprint density at radius 2 is 1.14 bits per heavy atom. The molecule has 0 atom stereocenters. The second kappa shape index (κ2) is 5.16. The van der Waals surface area contributed by atoms with E-state index < -0.39 is 10.4 Å². The van der Waals surface area contributed by atoms with Gasteiger partial charge >= 0.3 is 27.5 Å². The van der Waals surface area contributed by atoms with Crippen LogP contribution in [0.3, 0.4) is 0 Å². The van der Waals surface area contributed by atoms with E-state index in [1.807, 2.05) is 0 Å². The average Bonchev–Trinajstić information content (AvgIpc) is 0.722. The zero-order valence-corrected chi connectivity index (χ0v) is 9.21. The molecule has 0 bridgehead atoms. The summed E-state index contributed by atoms with van der Waals surface area (Å²) in [4.78, 5) is 0. The summed E-state index contributed by atoms with van der Waals surface area (Å²) in [5.41, 5.74) is 0. The van der Waals surface area contributed by atoms with Gasteiger partial charge in [0.2, 0.25) is 0 Å². The van der Waals surface area contributed by atoms with E-state index in [9.17, 15) is 0 Å². The Hall–Kier alpha value is 1.01. The van der Waals surface area contributed by atoms with Crippen LogP contribution in [0.25, 0.3) is 0 Å². The Labute approximate surface area is 64.5 Å². The smallest absolute Gasteiger partial charge is 0 e. The molecule has 0 aliphatic carbocycles. The van der Waals surface area contributed by atoms with Crippen LogP contribution in [0.4, 0.5) is 0 Å². The van der Waals surface area contributed by atoms with Crippen LogP contribution in [-0.4, -0.2) is 34.6 Å². The maximum absolute atomic E-state index is 8.74. The molecule has 0 aliphatic rings. The van der Waals surface area contributed by atoms with E-state index in [-0.39, 0.29) is 36.5 Å². The molecular weight excluding hydrogens is 240 g/mol. The predicted molar refractivity (Wildman–Crippen MR) is 22.7 cm³/mol. The monoisotopic (exact) mass is 244 g/mol. The molecule has 0 rings (SSSR count). The van der Waals surface area contributed by atoms with Crippen LogP contribution in [0.2, 0.25) is 0 Å². The van der Waals surface area contributed by atoms with Gasteiger partial charge in [-0.05, 0) is 0 Å². The van der Waals surface area contributed by atoms with Crippen LogP contribution in [0.15, 0.2) is 0 Å². The van der Waals surface area contributed by atoms with Gasteiger partial charge in [0.05, 0.1) is 0 Å². The molecule has 0 aliphatic heterocycles. The van der Waals surface area contributed by atoms with Gasteiger partial charge in [-0.15, -0.1) is 0 Å². The average molecular weight is 244 g/mol.